The van der Waals surface area contributed by atoms with E-state index < -0.39 is 12.0 Å². The average Bonchev–Trinajstić information content (AvgIpc) is 3.34. The quantitative estimate of drug-likeness (QED) is 0.144. The highest BCUT2D eigenvalue weighted by atomic mass is 79.9. The number of benzene rings is 3. The molecule has 7 nitrogen and oxygen atoms in total. The molecule has 0 saturated heterocycles. The highest BCUT2D eigenvalue weighted by molar-refractivity contribution is 9.10. The molecule has 246 valence electrons. The van der Waals surface area contributed by atoms with Crippen LogP contribution in [0.4, 0.5) is 0 Å². The second-order valence-corrected chi connectivity index (χ2v) is 14.0. The second-order valence-electron chi connectivity index (χ2n) is 11.3. The van der Waals surface area contributed by atoms with Gasteiger partial charge in [-0.3, -0.25) is 9.36 Å². The first-order valence-electron chi connectivity index (χ1n) is 15.3. The zero-order valence-corrected chi connectivity index (χ0v) is 30.6. The topological polar surface area (TPSA) is 79.1 Å². The monoisotopic (exact) mass is 756 g/mol. The molecular formula is C36H35BrCl2N2O5S. The predicted octanol–water partition coefficient (Wildman–Crippen LogP) is 8.36. The van der Waals surface area contributed by atoms with Crippen LogP contribution < -0.4 is 24.4 Å². The average molecular weight is 759 g/mol. The van der Waals surface area contributed by atoms with Crippen LogP contribution in [0.1, 0.15) is 74.8 Å². The first kappa shape index (κ1) is 35.0. The third kappa shape index (κ3) is 7.54. The molecule has 0 fully saturated rings. The van der Waals surface area contributed by atoms with Crippen molar-refractivity contribution < 1.29 is 19.0 Å². The fraction of sp³-hybridized carbons (Fsp3) is 0.306. The molecule has 0 N–H and O–H groups in total. The van der Waals surface area contributed by atoms with E-state index in [1.807, 2.05) is 43.3 Å². The number of fused-ring (bicyclic) bond motifs is 1. The zero-order chi connectivity index (χ0) is 33.8. The molecule has 47 heavy (non-hydrogen) atoms. The molecule has 0 aliphatic carbocycles. The van der Waals surface area contributed by atoms with Crippen molar-refractivity contribution in [2.24, 2.45) is 4.99 Å². The van der Waals surface area contributed by atoms with Crippen molar-refractivity contribution in [2.45, 2.75) is 59.1 Å². The summed E-state index contributed by atoms with van der Waals surface area (Å²) in [6.45, 7) is 8.48. The highest BCUT2D eigenvalue weighted by Crippen LogP contribution is 2.38. The number of halogens is 3. The van der Waals surface area contributed by atoms with Crippen LogP contribution in [-0.4, -0.2) is 24.3 Å². The van der Waals surface area contributed by atoms with Gasteiger partial charge in [0.1, 0.15) is 6.61 Å². The number of thiazole rings is 1. The molecular weight excluding hydrogens is 723 g/mol. The van der Waals surface area contributed by atoms with Gasteiger partial charge in [-0.2, -0.15) is 0 Å². The number of hydrogen-bond donors (Lipinski definition) is 0. The Hall–Kier alpha value is -3.37. The third-order valence-electron chi connectivity index (χ3n) is 7.75. The van der Waals surface area contributed by atoms with Crippen LogP contribution >= 0.6 is 50.5 Å². The Morgan fingerprint density at radius 2 is 1.85 bits per heavy atom. The summed E-state index contributed by atoms with van der Waals surface area (Å²) in [5.74, 6) is 0.841. The van der Waals surface area contributed by atoms with E-state index in [-0.39, 0.29) is 18.8 Å². The summed E-state index contributed by atoms with van der Waals surface area (Å²) in [6.07, 6.45) is 3.15. The van der Waals surface area contributed by atoms with Gasteiger partial charge in [-0.1, -0.05) is 92.1 Å². The molecule has 0 amide bonds. The smallest absolute Gasteiger partial charge is 0.338 e. The summed E-state index contributed by atoms with van der Waals surface area (Å²) >= 11 is 17.3. The molecule has 3 aromatic carbocycles. The first-order chi connectivity index (χ1) is 22.6. The number of methoxy groups -OCH3 is 1. The van der Waals surface area contributed by atoms with Crippen LogP contribution in [0, 0.1) is 0 Å². The van der Waals surface area contributed by atoms with E-state index in [9.17, 15) is 9.59 Å². The van der Waals surface area contributed by atoms with Gasteiger partial charge in [0.15, 0.2) is 16.3 Å². The van der Waals surface area contributed by atoms with Gasteiger partial charge in [0.05, 0.1) is 40.0 Å². The molecule has 2 heterocycles. The Bertz CT molecular complexity index is 2020. The van der Waals surface area contributed by atoms with E-state index in [1.54, 1.807) is 42.9 Å². The Morgan fingerprint density at radius 3 is 2.49 bits per heavy atom. The molecule has 11 heteroatoms. The maximum Gasteiger partial charge on any atom is 0.338 e. The zero-order valence-electron chi connectivity index (χ0n) is 26.7. The Balaban J connectivity index is 1.60. The normalized spacial score (nSPS) is 14.7. The molecule has 0 radical (unpaired) electrons. The SMILES string of the molecule is CCCC1=C(C(=O)OCC)[C@H](c2ccc(C(C)C)cc2)n2c(s/c(=C\c3cc(Br)c(OCc4ccc(Cl)cc4Cl)c(OC)c3)c2=O)=N1. The molecule has 0 unspecified atom stereocenters. The summed E-state index contributed by atoms with van der Waals surface area (Å²) in [4.78, 5) is 33.1. The van der Waals surface area contributed by atoms with Gasteiger partial charge >= 0.3 is 5.97 Å². The van der Waals surface area contributed by atoms with Gasteiger partial charge in [-0.25, -0.2) is 9.79 Å². The number of ether oxygens (including phenoxy) is 3. The summed E-state index contributed by atoms with van der Waals surface area (Å²) in [7, 11) is 1.55. The molecule has 1 aliphatic heterocycles. The standard InChI is InChI=1S/C36H35BrCl2N2O5S/c1-6-8-28-31(35(43)45-7-2)32(23-11-9-22(10-12-23)20(3)4)41-34(42)30(47-36(41)40-28)17-21-15-26(37)33(29(16-21)44-5)46-19-24-13-14-25(38)18-27(24)39/h9-18,20,32H,6-8,19H2,1-5H3/b30-17-/t32-/m0/s1. The number of carbonyl (C=O) groups excluding carboxylic acids is 1. The van der Waals surface area contributed by atoms with Crippen molar-refractivity contribution in [1.29, 1.82) is 0 Å². The van der Waals surface area contributed by atoms with E-state index in [4.69, 9.17) is 42.4 Å². The van der Waals surface area contributed by atoms with Gasteiger partial charge in [0, 0.05) is 15.6 Å². The summed E-state index contributed by atoms with van der Waals surface area (Å²) in [5.41, 5.74) is 4.26. The number of carbonyl (C=O) groups is 1. The van der Waals surface area contributed by atoms with Crippen molar-refractivity contribution in [3.63, 3.8) is 0 Å². The minimum atomic E-state index is -0.674. The second kappa shape index (κ2) is 15.2. The molecule has 5 rings (SSSR count). The number of nitrogens with zero attached hydrogens (tertiary/aromatic N) is 2. The molecule has 1 aromatic heterocycles. The van der Waals surface area contributed by atoms with E-state index in [1.165, 1.54) is 16.9 Å². The number of rotatable bonds is 11. The molecule has 1 aliphatic rings. The third-order valence-corrected chi connectivity index (χ3v) is 9.91. The van der Waals surface area contributed by atoms with Crippen LogP contribution in [0.3, 0.4) is 0 Å². The molecule has 1 atom stereocenters. The van der Waals surface area contributed by atoms with Crippen molar-refractivity contribution >= 4 is 62.5 Å². The van der Waals surface area contributed by atoms with E-state index in [0.29, 0.717) is 64.5 Å². The largest absolute Gasteiger partial charge is 0.493 e. The van der Waals surface area contributed by atoms with Crippen LogP contribution in [-0.2, 0) is 16.1 Å². The van der Waals surface area contributed by atoms with Crippen LogP contribution in [0.15, 0.2) is 80.1 Å². The number of aromatic nitrogens is 1. The lowest BCUT2D eigenvalue weighted by Crippen LogP contribution is -2.40. The molecule has 0 spiro atoms. The fourth-order valence-corrected chi connectivity index (χ4v) is 7.46. The van der Waals surface area contributed by atoms with Crippen LogP contribution in [0.2, 0.25) is 10.0 Å². The van der Waals surface area contributed by atoms with E-state index in [0.717, 1.165) is 17.5 Å². The van der Waals surface area contributed by atoms with Gasteiger partial charge in [0.2, 0.25) is 0 Å². The number of esters is 1. The maximum absolute atomic E-state index is 14.2. The number of hydrogen-bond acceptors (Lipinski definition) is 7. The lowest BCUT2D eigenvalue weighted by molar-refractivity contribution is -0.139. The van der Waals surface area contributed by atoms with Crippen molar-refractivity contribution in [1.82, 2.24) is 4.57 Å². The van der Waals surface area contributed by atoms with Gasteiger partial charge < -0.3 is 14.2 Å². The van der Waals surface area contributed by atoms with Crippen molar-refractivity contribution in [3.8, 4) is 11.5 Å². The minimum absolute atomic E-state index is 0.198. The summed E-state index contributed by atoms with van der Waals surface area (Å²) in [6, 6.07) is 16.3. The number of allylic oxidation sites excluding steroid dienone is 1. The van der Waals surface area contributed by atoms with Gasteiger partial charge in [-0.05, 0) is 82.2 Å². The maximum atomic E-state index is 14.2. The van der Waals surface area contributed by atoms with E-state index >= 15 is 0 Å². The Labute approximate surface area is 296 Å². The highest BCUT2D eigenvalue weighted by Gasteiger charge is 2.34. The van der Waals surface area contributed by atoms with Gasteiger partial charge in [-0.15, -0.1) is 0 Å². The van der Waals surface area contributed by atoms with Crippen molar-refractivity contribution in [2.75, 3.05) is 13.7 Å². The predicted molar refractivity (Wildman–Crippen MR) is 192 cm³/mol. The van der Waals surface area contributed by atoms with Gasteiger partial charge in [0.25, 0.3) is 5.56 Å². The Morgan fingerprint density at radius 1 is 1.11 bits per heavy atom. The Kier molecular flexibility index (Phi) is 11.3. The van der Waals surface area contributed by atoms with Crippen molar-refractivity contribution in [3.05, 3.63) is 122 Å². The van der Waals surface area contributed by atoms with Crippen LogP contribution in [0.5, 0.6) is 11.5 Å². The lowest BCUT2D eigenvalue weighted by Gasteiger charge is -2.26. The van der Waals surface area contributed by atoms with Crippen LogP contribution in [0.25, 0.3) is 6.08 Å². The first-order valence-corrected chi connectivity index (χ1v) is 17.7. The lowest BCUT2D eigenvalue weighted by atomic mass is 9.92. The minimum Gasteiger partial charge on any atom is -0.493 e. The molecule has 0 saturated carbocycles. The fourth-order valence-electron chi connectivity index (χ4n) is 5.40. The van der Waals surface area contributed by atoms with E-state index in [2.05, 4.69) is 29.8 Å². The molecule has 0 bridgehead atoms. The summed E-state index contributed by atoms with van der Waals surface area (Å²) < 4.78 is 20.0. The summed E-state index contributed by atoms with van der Waals surface area (Å²) in [5, 5.41) is 1.04. The molecule has 4 aromatic rings.